The van der Waals surface area contributed by atoms with Crippen LogP contribution in [0.2, 0.25) is 0 Å². The first-order chi connectivity index (χ1) is 32.3. The van der Waals surface area contributed by atoms with Crippen LogP contribution in [0.15, 0.2) is 70.0 Å². The molecule has 0 saturated carbocycles. The van der Waals surface area contributed by atoms with E-state index in [2.05, 4.69) is 25.3 Å². The van der Waals surface area contributed by atoms with Crippen LogP contribution in [0.4, 0.5) is 8.78 Å². The number of amides is 1. The predicted octanol–water partition coefficient (Wildman–Crippen LogP) is 7.22. The summed E-state index contributed by atoms with van der Waals surface area (Å²) >= 11 is 0. The van der Waals surface area contributed by atoms with E-state index < -0.39 is 17.6 Å². The average Bonchev–Trinajstić information content (AvgIpc) is 4.06. The summed E-state index contributed by atoms with van der Waals surface area (Å²) in [5.41, 5.74) is 8.84. The van der Waals surface area contributed by atoms with Gasteiger partial charge in [-0.2, -0.15) is 0 Å². The predicted molar refractivity (Wildman–Crippen MR) is 241 cm³/mol. The number of pyridine rings is 2. The quantitative estimate of drug-likeness (QED) is 0.115. The van der Waals surface area contributed by atoms with E-state index in [0.29, 0.717) is 97.5 Å². The maximum absolute atomic E-state index is 14.2. The molecule has 17 nitrogen and oxygen atoms in total. The number of rotatable bonds is 14. The topological polar surface area (TPSA) is 199 Å². The van der Waals surface area contributed by atoms with E-state index >= 15 is 0 Å². The fraction of sp³-hybridized carbons (Fsp3) is 0.333. The van der Waals surface area contributed by atoms with Crippen molar-refractivity contribution in [2.75, 3.05) is 40.5 Å². The fourth-order valence-electron chi connectivity index (χ4n) is 8.32. The molecule has 1 N–H and O–H groups in total. The summed E-state index contributed by atoms with van der Waals surface area (Å²) in [6, 6.07) is 13.5. The summed E-state index contributed by atoms with van der Waals surface area (Å²) in [7, 11) is 2.85. The standard InChI is InChI=1S/C26H28FN5O4.C22H21FN4O4/c1-16-25(17(2)36-30-16)19-13-21-26(28-14-19)32(15-24(33)31-8-10-35-11-9-31)23(29-21)7-5-18-4-6-22(34-3)20(27)12-18;1-12-21(13(2)31-26-12)15-9-17-22(24-10-15)27(11-20(28)29)19(25-17)7-5-14-4-6-18(30-3)16(23)8-14/h4,6,12-14H,5,7-11,15H2,1-3H3;4,6,8-10H,5,7,11H2,1-3H3,(H,28,29). The van der Waals surface area contributed by atoms with Crippen molar-refractivity contribution in [3.8, 4) is 33.8 Å². The number of aliphatic carboxylic acids is 1. The lowest BCUT2D eigenvalue weighted by Crippen LogP contribution is -2.42. The molecule has 1 amide bonds. The molecule has 1 aliphatic rings. The summed E-state index contributed by atoms with van der Waals surface area (Å²) in [4.78, 5) is 45.0. The lowest BCUT2D eigenvalue weighted by Gasteiger charge is -2.27. The number of hydrogen-bond donors (Lipinski definition) is 1. The number of benzene rings is 2. The van der Waals surface area contributed by atoms with E-state index in [1.54, 1.807) is 40.1 Å². The molecule has 0 atom stereocenters. The number of carboxylic acid groups (broad SMARTS) is 1. The number of carbonyl (C=O) groups excluding carboxylic acids is 1. The molecule has 1 fully saturated rings. The number of imidazole rings is 2. The molecule has 0 bridgehead atoms. The maximum Gasteiger partial charge on any atom is 0.323 e. The lowest BCUT2D eigenvalue weighted by molar-refractivity contribution is -0.138. The Morgan fingerprint density at radius 2 is 1.13 bits per heavy atom. The van der Waals surface area contributed by atoms with Crippen molar-refractivity contribution in [2.24, 2.45) is 0 Å². The molecule has 1 saturated heterocycles. The van der Waals surface area contributed by atoms with E-state index in [1.165, 1.54) is 26.4 Å². The van der Waals surface area contributed by atoms with Crippen molar-refractivity contribution >= 4 is 34.2 Å². The second-order valence-electron chi connectivity index (χ2n) is 16.1. The SMILES string of the molecule is COc1ccc(CCc2nc3cc(-c4c(C)noc4C)cnc3n2CC(=O)N2CCOCC2)cc1F.COc1ccc(CCc2nc3cc(-c4c(C)noc4C)cnc3n2CC(=O)O)cc1F. The molecule has 8 aromatic rings. The zero-order valence-electron chi connectivity index (χ0n) is 37.9. The zero-order chi connectivity index (χ0) is 47.4. The highest BCUT2D eigenvalue weighted by atomic mass is 19.1. The minimum absolute atomic E-state index is 0.00839. The minimum Gasteiger partial charge on any atom is -0.494 e. The van der Waals surface area contributed by atoms with Crippen molar-refractivity contribution in [3.05, 3.63) is 118 Å². The second kappa shape index (κ2) is 19.9. The van der Waals surface area contributed by atoms with Gasteiger partial charge >= 0.3 is 5.97 Å². The normalized spacial score (nSPS) is 12.7. The summed E-state index contributed by atoms with van der Waals surface area (Å²) < 4.78 is 57.6. The Morgan fingerprint density at radius 1 is 0.672 bits per heavy atom. The van der Waals surface area contributed by atoms with Gasteiger partial charge in [-0.05, 0) is 88.1 Å². The molecule has 6 aromatic heterocycles. The molecule has 67 heavy (non-hydrogen) atoms. The number of aromatic nitrogens is 8. The van der Waals surface area contributed by atoms with Crippen molar-refractivity contribution in [1.82, 2.24) is 44.3 Å². The Morgan fingerprint density at radius 3 is 1.54 bits per heavy atom. The number of carboxylic acids is 1. The van der Waals surface area contributed by atoms with Crippen molar-refractivity contribution < 1.29 is 46.7 Å². The fourth-order valence-corrected chi connectivity index (χ4v) is 8.32. The van der Waals surface area contributed by atoms with Gasteiger partial charge in [-0.25, -0.2) is 28.7 Å². The van der Waals surface area contributed by atoms with Gasteiger partial charge in [0.25, 0.3) is 0 Å². The number of nitrogens with zero attached hydrogens (tertiary/aromatic N) is 9. The third kappa shape index (κ3) is 10.0. The second-order valence-corrected chi connectivity index (χ2v) is 16.1. The van der Waals surface area contributed by atoms with Gasteiger partial charge in [0.1, 0.15) is 47.3 Å². The Balaban J connectivity index is 0.000000184. The number of methoxy groups -OCH3 is 2. The van der Waals surface area contributed by atoms with Crippen LogP contribution in [0.25, 0.3) is 44.6 Å². The van der Waals surface area contributed by atoms with Crippen LogP contribution in [-0.2, 0) is 53.1 Å². The van der Waals surface area contributed by atoms with E-state index in [1.807, 2.05) is 50.5 Å². The Hall–Kier alpha value is -7.54. The third-order valence-electron chi connectivity index (χ3n) is 11.6. The monoisotopic (exact) mass is 917 g/mol. The van der Waals surface area contributed by atoms with Gasteiger partial charge in [0.05, 0.1) is 38.8 Å². The van der Waals surface area contributed by atoms with Gasteiger partial charge in [-0.3, -0.25) is 9.59 Å². The van der Waals surface area contributed by atoms with Gasteiger partial charge < -0.3 is 42.4 Å². The summed E-state index contributed by atoms with van der Waals surface area (Å²) in [6.07, 6.45) is 5.40. The van der Waals surface area contributed by atoms with Crippen molar-refractivity contribution in [1.29, 1.82) is 0 Å². The van der Waals surface area contributed by atoms with Gasteiger partial charge in [0.2, 0.25) is 5.91 Å². The molecule has 0 radical (unpaired) electrons. The molecule has 348 valence electrons. The summed E-state index contributed by atoms with van der Waals surface area (Å²) in [5.74, 6) is 1.20. The van der Waals surface area contributed by atoms with Crippen LogP contribution in [0.5, 0.6) is 11.5 Å². The lowest BCUT2D eigenvalue weighted by atomic mass is 10.1. The molecular formula is C48H49F2N9O8. The van der Waals surface area contributed by atoms with Gasteiger partial charge in [0.15, 0.2) is 34.4 Å². The highest BCUT2D eigenvalue weighted by Crippen LogP contribution is 2.31. The number of halogens is 2. The Labute approximate surface area is 383 Å². The molecule has 7 heterocycles. The maximum atomic E-state index is 14.2. The smallest absolute Gasteiger partial charge is 0.323 e. The van der Waals surface area contributed by atoms with E-state index in [4.69, 9.17) is 28.2 Å². The molecule has 2 aromatic carbocycles. The van der Waals surface area contributed by atoms with Crippen molar-refractivity contribution in [3.63, 3.8) is 0 Å². The van der Waals surface area contributed by atoms with Crippen LogP contribution in [-0.4, -0.2) is 102 Å². The Bertz CT molecular complexity index is 3060. The van der Waals surface area contributed by atoms with Crippen LogP contribution < -0.4 is 9.47 Å². The Kier molecular flexibility index (Phi) is 13.7. The van der Waals surface area contributed by atoms with E-state index in [0.717, 1.165) is 44.8 Å². The molecule has 9 rings (SSSR count). The molecule has 19 heteroatoms. The molecule has 1 aliphatic heterocycles. The number of hydrogen-bond acceptors (Lipinski definition) is 13. The molecule has 0 spiro atoms. The summed E-state index contributed by atoms with van der Waals surface area (Å²) in [5, 5.41) is 17.4. The number of aryl methyl sites for hydroxylation is 8. The number of morpholine rings is 1. The van der Waals surface area contributed by atoms with E-state index in [9.17, 15) is 23.5 Å². The van der Waals surface area contributed by atoms with Crippen LogP contribution >= 0.6 is 0 Å². The summed E-state index contributed by atoms with van der Waals surface area (Å²) in [6.45, 7) is 9.47. The van der Waals surface area contributed by atoms with Gasteiger partial charge in [-0.1, -0.05) is 22.4 Å². The van der Waals surface area contributed by atoms with Crippen LogP contribution in [0.3, 0.4) is 0 Å². The van der Waals surface area contributed by atoms with Crippen molar-refractivity contribution in [2.45, 2.75) is 66.5 Å². The van der Waals surface area contributed by atoms with Gasteiger partial charge in [-0.15, -0.1) is 0 Å². The third-order valence-corrected chi connectivity index (χ3v) is 11.6. The highest BCUT2D eigenvalue weighted by molar-refractivity contribution is 5.83. The van der Waals surface area contributed by atoms with E-state index in [-0.39, 0.29) is 30.5 Å². The molecular weight excluding hydrogens is 869 g/mol. The highest BCUT2D eigenvalue weighted by Gasteiger charge is 2.23. The number of carbonyl (C=O) groups is 2. The van der Waals surface area contributed by atoms with Crippen LogP contribution in [0, 0.1) is 39.3 Å². The molecule has 0 unspecified atom stereocenters. The largest absolute Gasteiger partial charge is 0.494 e. The first kappa shape index (κ1) is 46.0. The first-order valence-electron chi connectivity index (χ1n) is 21.6. The zero-order valence-corrected chi connectivity index (χ0v) is 37.9. The number of ether oxygens (including phenoxy) is 3. The van der Waals surface area contributed by atoms with Crippen LogP contribution in [0.1, 0.15) is 45.7 Å². The number of fused-ring (bicyclic) bond motifs is 2. The van der Waals surface area contributed by atoms with Gasteiger partial charge in [0, 0.05) is 60.6 Å². The molecule has 0 aliphatic carbocycles. The average molecular weight is 918 g/mol. The minimum atomic E-state index is -0.993. The first-order valence-corrected chi connectivity index (χ1v) is 21.6.